The van der Waals surface area contributed by atoms with Crippen molar-refractivity contribution in [1.29, 1.82) is 0 Å². The van der Waals surface area contributed by atoms with Gasteiger partial charge in [-0.3, -0.25) is 9.78 Å². The SMILES string of the molecule is COc1cccc2c1OCC(C(=O)N(C)Cc1ccc3ccccc3n1)C2. The van der Waals surface area contributed by atoms with Crippen molar-refractivity contribution in [3.8, 4) is 11.5 Å². The maximum atomic E-state index is 12.9. The fourth-order valence-electron chi connectivity index (χ4n) is 3.54. The van der Waals surface area contributed by atoms with Gasteiger partial charge in [0.1, 0.15) is 6.61 Å². The number of ether oxygens (including phenoxy) is 2. The standard InChI is InChI=1S/C22H22N2O3/c1-24(13-18-11-10-15-6-3-4-8-19(15)23-18)22(25)17-12-16-7-5-9-20(26-2)21(16)27-14-17/h3-11,17H,12-14H2,1-2H3. The highest BCUT2D eigenvalue weighted by atomic mass is 16.5. The van der Waals surface area contributed by atoms with Gasteiger partial charge in [0.25, 0.3) is 0 Å². The summed E-state index contributed by atoms with van der Waals surface area (Å²) >= 11 is 0. The second-order valence-electron chi connectivity index (χ2n) is 6.85. The van der Waals surface area contributed by atoms with E-state index in [1.165, 1.54) is 0 Å². The molecule has 27 heavy (non-hydrogen) atoms. The fraction of sp³-hybridized carbons (Fsp3) is 0.273. The van der Waals surface area contributed by atoms with Gasteiger partial charge in [0.2, 0.25) is 5.91 Å². The normalized spacial score (nSPS) is 15.7. The molecule has 1 unspecified atom stereocenters. The summed E-state index contributed by atoms with van der Waals surface area (Å²) in [6.45, 7) is 0.840. The zero-order chi connectivity index (χ0) is 18.8. The number of para-hydroxylation sites is 2. The molecule has 1 atom stereocenters. The van der Waals surface area contributed by atoms with E-state index in [2.05, 4.69) is 4.98 Å². The smallest absolute Gasteiger partial charge is 0.229 e. The average molecular weight is 362 g/mol. The van der Waals surface area contributed by atoms with Crippen LogP contribution >= 0.6 is 0 Å². The molecule has 0 saturated heterocycles. The minimum Gasteiger partial charge on any atom is -0.493 e. The molecule has 0 saturated carbocycles. The van der Waals surface area contributed by atoms with Crippen LogP contribution in [0, 0.1) is 5.92 Å². The van der Waals surface area contributed by atoms with Gasteiger partial charge in [-0.1, -0.05) is 36.4 Å². The van der Waals surface area contributed by atoms with Crippen molar-refractivity contribution in [2.24, 2.45) is 5.92 Å². The molecule has 3 aromatic rings. The molecule has 0 bridgehead atoms. The lowest BCUT2D eigenvalue weighted by atomic mass is 9.95. The largest absolute Gasteiger partial charge is 0.493 e. The molecule has 0 spiro atoms. The Labute approximate surface area is 158 Å². The second-order valence-corrected chi connectivity index (χ2v) is 6.85. The highest BCUT2D eigenvalue weighted by Gasteiger charge is 2.29. The highest BCUT2D eigenvalue weighted by Crippen LogP contribution is 2.36. The quantitative estimate of drug-likeness (QED) is 0.713. The van der Waals surface area contributed by atoms with E-state index in [0.717, 1.165) is 27.9 Å². The first-order chi connectivity index (χ1) is 13.2. The summed E-state index contributed by atoms with van der Waals surface area (Å²) in [5, 5.41) is 1.10. The van der Waals surface area contributed by atoms with Crippen LogP contribution in [0.4, 0.5) is 0 Å². The van der Waals surface area contributed by atoms with Crippen LogP contribution in [0.2, 0.25) is 0 Å². The molecule has 1 aromatic heterocycles. The van der Waals surface area contributed by atoms with Crippen molar-refractivity contribution in [3.63, 3.8) is 0 Å². The van der Waals surface area contributed by atoms with Gasteiger partial charge >= 0.3 is 0 Å². The van der Waals surface area contributed by atoms with Crippen LogP contribution in [-0.4, -0.2) is 36.6 Å². The number of hydrogen-bond acceptors (Lipinski definition) is 4. The van der Waals surface area contributed by atoms with E-state index in [4.69, 9.17) is 9.47 Å². The molecule has 0 aliphatic carbocycles. The predicted molar refractivity (Wildman–Crippen MR) is 104 cm³/mol. The average Bonchev–Trinajstić information content (AvgIpc) is 2.72. The third-order valence-electron chi connectivity index (χ3n) is 4.96. The summed E-state index contributed by atoms with van der Waals surface area (Å²) in [5.74, 6) is 1.34. The molecule has 0 N–H and O–H groups in total. The third kappa shape index (κ3) is 3.45. The lowest BCUT2D eigenvalue weighted by Gasteiger charge is -2.29. The van der Waals surface area contributed by atoms with E-state index in [1.807, 2.05) is 61.6 Å². The summed E-state index contributed by atoms with van der Waals surface area (Å²) in [6, 6.07) is 17.8. The van der Waals surface area contributed by atoms with Gasteiger partial charge in [0, 0.05) is 12.4 Å². The zero-order valence-corrected chi connectivity index (χ0v) is 15.5. The van der Waals surface area contributed by atoms with Crippen molar-refractivity contribution in [2.75, 3.05) is 20.8 Å². The summed E-state index contributed by atoms with van der Waals surface area (Å²) in [6.07, 6.45) is 0.654. The van der Waals surface area contributed by atoms with Gasteiger partial charge < -0.3 is 14.4 Å². The number of fused-ring (bicyclic) bond motifs is 2. The predicted octanol–water partition coefficient (Wildman–Crippen LogP) is 3.45. The first-order valence-corrected chi connectivity index (χ1v) is 9.04. The third-order valence-corrected chi connectivity index (χ3v) is 4.96. The maximum absolute atomic E-state index is 12.9. The molecule has 5 nitrogen and oxygen atoms in total. The van der Waals surface area contributed by atoms with E-state index in [1.54, 1.807) is 12.0 Å². The molecule has 138 valence electrons. The number of methoxy groups -OCH3 is 1. The number of hydrogen-bond donors (Lipinski definition) is 0. The molecule has 1 amide bonds. The molecule has 0 fully saturated rings. The van der Waals surface area contributed by atoms with E-state index >= 15 is 0 Å². The fourth-order valence-corrected chi connectivity index (χ4v) is 3.54. The van der Waals surface area contributed by atoms with Gasteiger partial charge in [-0.05, 0) is 30.2 Å². The van der Waals surface area contributed by atoms with E-state index in [0.29, 0.717) is 25.3 Å². The van der Waals surface area contributed by atoms with E-state index < -0.39 is 0 Å². The lowest BCUT2D eigenvalue weighted by molar-refractivity contribution is -0.136. The van der Waals surface area contributed by atoms with Crippen LogP contribution in [0.5, 0.6) is 11.5 Å². The lowest BCUT2D eigenvalue weighted by Crippen LogP contribution is -2.38. The number of carbonyl (C=O) groups is 1. The zero-order valence-electron chi connectivity index (χ0n) is 15.5. The van der Waals surface area contributed by atoms with E-state index in [-0.39, 0.29) is 11.8 Å². The Morgan fingerprint density at radius 1 is 1.19 bits per heavy atom. The molecule has 2 aromatic carbocycles. The van der Waals surface area contributed by atoms with Gasteiger partial charge in [0.15, 0.2) is 11.5 Å². The number of amides is 1. The van der Waals surface area contributed by atoms with Gasteiger partial charge in [-0.2, -0.15) is 0 Å². The molecular weight excluding hydrogens is 340 g/mol. The monoisotopic (exact) mass is 362 g/mol. The van der Waals surface area contributed by atoms with Crippen molar-refractivity contribution in [1.82, 2.24) is 9.88 Å². The molecule has 1 aliphatic heterocycles. The Morgan fingerprint density at radius 3 is 2.89 bits per heavy atom. The maximum Gasteiger partial charge on any atom is 0.229 e. The number of benzene rings is 2. The molecular formula is C22H22N2O3. The molecule has 0 radical (unpaired) electrons. The Balaban J connectivity index is 1.47. The number of rotatable bonds is 4. The summed E-state index contributed by atoms with van der Waals surface area (Å²) < 4.78 is 11.2. The number of aromatic nitrogens is 1. The molecule has 5 heteroatoms. The Hall–Kier alpha value is -3.08. The summed E-state index contributed by atoms with van der Waals surface area (Å²) in [4.78, 5) is 19.3. The highest BCUT2D eigenvalue weighted by molar-refractivity contribution is 5.80. The molecule has 4 rings (SSSR count). The second kappa shape index (κ2) is 7.27. The van der Waals surface area contributed by atoms with Gasteiger partial charge in [-0.25, -0.2) is 0 Å². The van der Waals surface area contributed by atoms with E-state index in [9.17, 15) is 4.79 Å². The Bertz CT molecular complexity index is 986. The molecule has 1 aliphatic rings. The van der Waals surface area contributed by atoms with Gasteiger partial charge in [0.05, 0.1) is 30.8 Å². The first kappa shape index (κ1) is 17.3. The number of carbonyl (C=O) groups excluding carboxylic acids is 1. The van der Waals surface area contributed by atoms with Crippen molar-refractivity contribution >= 4 is 16.8 Å². The minimum atomic E-state index is -0.199. The van der Waals surface area contributed by atoms with Crippen LogP contribution < -0.4 is 9.47 Å². The van der Waals surface area contributed by atoms with Crippen LogP contribution in [0.1, 0.15) is 11.3 Å². The van der Waals surface area contributed by atoms with Crippen molar-refractivity contribution < 1.29 is 14.3 Å². The topological polar surface area (TPSA) is 51.7 Å². The van der Waals surface area contributed by atoms with Crippen LogP contribution in [0.25, 0.3) is 10.9 Å². The number of pyridine rings is 1. The summed E-state index contributed by atoms with van der Waals surface area (Å²) in [7, 11) is 3.45. The molecule has 2 heterocycles. The van der Waals surface area contributed by atoms with Crippen LogP contribution in [0.3, 0.4) is 0 Å². The Morgan fingerprint density at radius 2 is 2.04 bits per heavy atom. The number of nitrogens with zero attached hydrogens (tertiary/aromatic N) is 2. The Kier molecular flexibility index (Phi) is 4.67. The van der Waals surface area contributed by atoms with Crippen LogP contribution in [-0.2, 0) is 17.8 Å². The minimum absolute atomic E-state index is 0.0680. The first-order valence-electron chi connectivity index (χ1n) is 9.04. The van der Waals surface area contributed by atoms with Crippen molar-refractivity contribution in [2.45, 2.75) is 13.0 Å². The van der Waals surface area contributed by atoms with Gasteiger partial charge in [-0.15, -0.1) is 0 Å². The van der Waals surface area contributed by atoms with Crippen LogP contribution in [0.15, 0.2) is 54.6 Å². The summed E-state index contributed by atoms with van der Waals surface area (Å²) in [5.41, 5.74) is 2.83. The van der Waals surface area contributed by atoms with Crippen molar-refractivity contribution in [3.05, 3.63) is 65.9 Å².